The van der Waals surface area contributed by atoms with E-state index in [0.29, 0.717) is 23.6 Å². The highest BCUT2D eigenvalue weighted by Crippen LogP contribution is 2.18. The van der Waals surface area contributed by atoms with Crippen LogP contribution in [0, 0.1) is 0 Å². The van der Waals surface area contributed by atoms with Crippen molar-refractivity contribution in [3.8, 4) is 0 Å². The highest BCUT2D eigenvalue weighted by molar-refractivity contribution is 6.30. The Hall–Kier alpha value is -2.86. The minimum atomic E-state index is -0.153. The molecule has 2 heterocycles. The lowest BCUT2D eigenvalue weighted by Crippen LogP contribution is -2.35. The van der Waals surface area contributed by atoms with E-state index >= 15 is 0 Å². The first kappa shape index (κ1) is 21.4. The molecular weight excluding hydrogens is 412 g/mol. The summed E-state index contributed by atoms with van der Waals surface area (Å²) in [5.41, 5.74) is 2.38. The van der Waals surface area contributed by atoms with E-state index < -0.39 is 0 Å². The maximum atomic E-state index is 13.0. The van der Waals surface area contributed by atoms with Gasteiger partial charge in [0.25, 0.3) is 5.91 Å². The van der Waals surface area contributed by atoms with Crippen molar-refractivity contribution in [3.05, 3.63) is 64.9 Å². The fourth-order valence-corrected chi connectivity index (χ4v) is 4.17. The topological polar surface area (TPSA) is 67.2 Å². The maximum absolute atomic E-state index is 13.0. The van der Waals surface area contributed by atoms with Gasteiger partial charge in [0.15, 0.2) is 0 Å². The summed E-state index contributed by atoms with van der Waals surface area (Å²) in [4.78, 5) is 32.1. The average Bonchev–Trinajstić information content (AvgIpc) is 2.94. The van der Waals surface area contributed by atoms with Crippen molar-refractivity contribution in [1.29, 1.82) is 0 Å². The molecule has 0 radical (unpaired) electrons. The molecular formula is C24H27ClN4O2. The van der Waals surface area contributed by atoms with E-state index in [-0.39, 0.29) is 18.4 Å². The molecule has 0 unspecified atom stereocenters. The molecule has 2 aromatic carbocycles. The van der Waals surface area contributed by atoms with Gasteiger partial charge < -0.3 is 14.8 Å². The molecule has 0 saturated carbocycles. The Kier molecular flexibility index (Phi) is 6.87. The second-order valence-electron chi connectivity index (χ2n) is 7.91. The van der Waals surface area contributed by atoms with E-state index in [2.05, 4.69) is 5.32 Å². The summed E-state index contributed by atoms with van der Waals surface area (Å²) >= 11 is 5.89. The summed E-state index contributed by atoms with van der Waals surface area (Å²) in [5.74, 6) is 0.789. The Bertz CT molecular complexity index is 1050. The van der Waals surface area contributed by atoms with Gasteiger partial charge in [-0.25, -0.2) is 4.98 Å². The number of aromatic nitrogens is 2. The van der Waals surface area contributed by atoms with Crippen LogP contribution >= 0.6 is 11.6 Å². The standard InChI is InChI=1S/C24H27ClN4O2/c25-19-11-9-18(10-12-19)24(31)26-14-13-22-27-20-7-3-4-8-21(20)29(22)17-23(30)28-15-5-1-2-6-16-28/h3-4,7-12H,1-2,5-6,13-17H2,(H,26,31). The van der Waals surface area contributed by atoms with Gasteiger partial charge in [-0.1, -0.05) is 36.6 Å². The van der Waals surface area contributed by atoms with Crippen LogP contribution in [0.4, 0.5) is 0 Å². The van der Waals surface area contributed by atoms with Crippen molar-refractivity contribution in [2.75, 3.05) is 19.6 Å². The van der Waals surface area contributed by atoms with Crippen LogP contribution in [0.25, 0.3) is 11.0 Å². The van der Waals surface area contributed by atoms with Gasteiger partial charge in [-0.05, 0) is 49.2 Å². The van der Waals surface area contributed by atoms with Gasteiger partial charge in [0, 0.05) is 36.6 Å². The van der Waals surface area contributed by atoms with Crippen molar-refractivity contribution in [1.82, 2.24) is 19.8 Å². The molecule has 0 spiro atoms. The molecule has 3 aromatic rings. The molecule has 7 heteroatoms. The first-order valence-corrected chi connectivity index (χ1v) is 11.3. The molecule has 1 aromatic heterocycles. The minimum Gasteiger partial charge on any atom is -0.352 e. The van der Waals surface area contributed by atoms with Crippen LogP contribution in [-0.4, -0.2) is 45.9 Å². The molecule has 1 N–H and O–H groups in total. The molecule has 0 atom stereocenters. The SMILES string of the molecule is O=C(NCCc1nc2ccccc2n1CC(=O)N1CCCCCC1)c1ccc(Cl)cc1. The molecule has 6 nitrogen and oxygen atoms in total. The summed E-state index contributed by atoms with van der Waals surface area (Å²) in [6, 6.07) is 14.7. The van der Waals surface area contributed by atoms with Crippen LogP contribution in [-0.2, 0) is 17.8 Å². The van der Waals surface area contributed by atoms with E-state index in [1.54, 1.807) is 24.3 Å². The summed E-state index contributed by atoms with van der Waals surface area (Å²) in [5, 5.41) is 3.53. The van der Waals surface area contributed by atoms with Crippen molar-refractivity contribution < 1.29 is 9.59 Å². The quantitative estimate of drug-likeness (QED) is 0.631. The zero-order valence-electron chi connectivity index (χ0n) is 17.5. The molecule has 1 saturated heterocycles. The fraction of sp³-hybridized carbons (Fsp3) is 0.375. The molecule has 1 fully saturated rings. The van der Waals surface area contributed by atoms with E-state index in [4.69, 9.17) is 16.6 Å². The summed E-state index contributed by atoms with van der Waals surface area (Å²) in [6.45, 7) is 2.37. The van der Waals surface area contributed by atoms with Crippen LogP contribution in [0.5, 0.6) is 0 Å². The molecule has 31 heavy (non-hydrogen) atoms. The van der Waals surface area contributed by atoms with Crippen LogP contribution < -0.4 is 5.32 Å². The number of halogens is 1. The van der Waals surface area contributed by atoms with E-state index in [9.17, 15) is 9.59 Å². The highest BCUT2D eigenvalue weighted by Gasteiger charge is 2.19. The minimum absolute atomic E-state index is 0.136. The van der Waals surface area contributed by atoms with Gasteiger partial charge in [0.2, 0.25) is 5.91 Å². The molecule has 4 rings (SSSR count). The van der Waals surface area contributed by atoms with E-state index in [1.165, 1.54) is 12.8 Å². The Morgan fingerprint density at radius 3 is 2.42 bits per heavy atom. The number of hydrogen-bond donors (Lipinski definition) is 1. The fourth-order valence-electron chi connectivity index (χ4n) is 4.04. The number of para-hydroxylation sites is 2. The number of imidazole rings is 1. The molecule has 162 valence electrons. The van der Waals surface area contributed by atoms with Gasteiger partial charge in [0.1, 0.15) is 12.4 Å². The molecule has 0 bridgehead atoms. The van der Waals surface area contributed by atoms with Gasteiger partial charge in [-0.15, -0.1) is 0 Å². The summed E-state index contributed by atoms with van der Waals surface area (Å²) in [7, 11) is 0. The maximum Gasteiger partial charge on any atom is 0.251 e. The van der Waals surface area contributed by atoms with Crippen molar-refractivity contribution in [2.24, 2.45) is 0 Å². The molecule has 1 aliphatic heterocycles. The van der Waals surface area contributed by atoms with E-state index in [0.717, 1.165) is 42.8 Å². The summed E-state index contributed by atoms with van der Waals surface area (Å²) in [6.07, 6.45) is 5.06. The lowest BCUT2D eigenvalue weighted by Gasteiger charge is -2.21. The van der Waals surface area contributed by atoms with Gasteiger partial charge in [0.05, 0.1) is 11.0 Å². The molecule has 0 aliphatic carbocycles. The van der Waals surface area contributed by atoms with Gasteiger partial charge in [-0.2, -0.15) is 0 Å². The van der Waals surface area contributed by atoms with Crippen LogP contribution in [0.3, 0.4) is 0 Å². The average molecular weight is 439 g/mol. The summed E-state index contributed by atoms with van der Waals surface area (Å²) < 4.78 is 2.00. The monoisotopic (exact) mass is 438 g/mol. The second-order valence-corrected chi connectivity index (χ2v) is 8.35. The molecule has 1 aliphatic rings. The third kappa shape index (κ3) is 5.25. The van der Waals surface area contributed by atoms with Crippen molar-refractivity contribution in [3.63, 3.8) is 0 Å². The van der Waals surface area contributed by atoms with Gasteiger partial charge in [-0.3, -0.25) is 9.59 Å². The largest absolute Gasteiger partial charge is 0.352 e. The highest BCUT2D eigenvalue weighted by atomic mass is 35.5. The lowest BCUT2D eigenvalue weighted by molar-refractivity contribution is -0.131. The number of fused-ring (bicyclic) bond motifs is 1. The Morgan fingerprint density at radius 1 is 0.968 bits per heavy atom. The number of hydrogen-bond acceptors (Lipinski definition) is 3. The number of amides is 2. The van der Waals surface area contributed by atoms with Crippen molar-refractivity contribution in [2.45, 2.75) is 38.6 Å². The van der Waals surface area contributed by atoms with E-state index in [1.807, 2.05) is 33.7 Å². The predicted octanol–water partition coefficient (Wildman–Crippen LogP) is 4.06. The smallest absolute Gasteiger partial charge is 0.251 e. The van der Waals surface area contributed by atoms with Crippen LogP contribution in [0.2, 0.25) is 5.02 Å². The normalized spacial score (nSPS) is 14.4. The number of rotatable bonds is 6. The third-order valence-corrected chi connectivity index (χ3v) is 5.98. The molecule has 2 amide bonds. The van der Waals surface area contributed by atoms with Crippen LogP contribution in [0.15, 0.2) is 48.5 Å². The number of nitrogens with one attached hydrogen (secondary N) is 1. The zero-order chi connectivity index (χ0) is 21.6. The first-order valence-electron chi connectivity index (χ1n) is 10.9. The predicted molar refractivity (Wildman–Crippen MR) is 122 cm³/mol. The number of carbonyl (C=O) groups excluding carboxylic acids is 2. The zero-order valence-corrected chi connectivity index (χ0v) is 18.3. The van der Waals surface area contributed by atoms with Crippen molar-refractivity contribution >= 4 is 34.4 Å². The number of carbonyl (C=O) groups is 2. The third-order valence-electron chi connectivity index (χ3n) is 5.73. The first-order chi connectivity index (χ1) is 15.1. The lowest BCUT2D eigenvalue weighted by atomic mass is 10.2. The van der Waals surface area contributed by atoms with Gasteiger partial charge >= 0.3 is 0 Å². The number of likely N-dealkylation sites (tertiary alicyclic amines) is 1. The Morgan fingerprint density at radius 2 is 1.68 bits per heavy atom. The Labute approximate surface area is 187 Å². The number of nitrogens with zero attached hydrogens (tertiary/aromatic N) is 3. The number of benzene rings is 2. The second kappa shape index (κ2) is 9.96. The van der Waals surface area contributed by atoms with Crippen LogP contribution in [0.1, 0.15) is 41.9 Å². The Balaban J connectivity index is 1.46.